The summed E-state index contributed by atoms with van der Waals surface area (Å²) >= 11 is 0. The molecular weight excluding hydrogens is 180 g/mol. The molecule has 3 nitrogen and oxygen atoms in total. The van der Waals surface area contributed by atoms with Gasteiger partial charge < -0.3 is 9.52 Å². The molecule has 3 heteroatoms. The van der Waals surface area contributed by atoms with Gasteiger partial charge in [-0.1, -0.05) is 6.42 Å². The number of carbonyl (C=O) groups is 1. The Morgan fingerprint density at radius 1 is 1.64 bits per heavy atom. The molecule has 0 aromatic carbocycles. The maximum Gasteiger partial charge on any atom is 0.304 e. The van der Waals surface area contributed by atoms with Gasteiger partial charge in [-0.05, 0) is 31.4 Å². The molecule has 0 spiro atoms. The first-order valence-corrected chi connectivity index (χ1v) is 4.90. The van der Waals surface area contributed by atoms with Crippen molar-refractivity contribution in [3.8, 4) is 0 Å². The summed E-state index contributed by atoms with van der Waals surface area (Å²) in [5.41, 5.74) is 0.953. The zero-order valence-corrected chi connectivity index (χ0v) is 8.25. The summed E-state index contributed by atoms with van der Waals surface area (Å²) in [7, 11) is 0. The van der Waals surface area contributed by atoms with E-state index in [1.165, 1.54) is 0 Å². The lowest BCUT2D eigenvalue weighted by atomic mass is 9.62. The van der Waals surface area contributed by atoms with Crippen LogP contribution in [0.15, 0.2) is 16.7 Å². The molecule has 1 aliphatic carbocycles. The van der Waals surface area contributed by atoms with Gasteiger partial charge >= 0.3 is 5.97 Å². The Bertz CT molecular complexity index is 347. The van der Waals surface area contributed by atoms with E-state index in [9.17, 15) is 4.79 Å². The standard InChI is InChI=1S/C11H14O3/c1-8-9(3-6-14-8)11(4-2-5-11)7-10(12)13/h3,6H,2,4-5,7H2,1H3,(H,12,13). The van der Waals surface area contributed by atoms with Crippen LogP contribution in [0.5, 0.6) is 0 Å². The Hall–Kier alpha value is -1.25. The summed E-state index contributed by atoms with van der Waals surface area (Å²) in [5, 5.41) is 8.87. The van der Waals surface area contributed by atoms with E-state index in [1.807, 2.05) is 13.0 Å². The maximum atomic E-state index is 10.8. The number of hydrogen-bond donors (Lipinski definition) is 1. The quantitative estimate of drug-likeness (QED) is 0.804. The number of aliphatic carboxylic acids is 1. The van der Waals surface area contributed by atoms with Crippen molar-refractivity contribution in [2.45, 2.75) is 38.0 Å². The van der Waals surface area contributed by atoms with Crippen LogP contribution in [0.3, 0.4) is 0 Å². The predicted molar refractivity (Wildman–Crippen MR) is 51.2 cm³/mol. The Labute approximate surface area is 82.7 Å². The average Bonchev–Trinajstić information content (AvgIpc) is 2.44. The highest BCUT2D eigenvalue weighted by atomic mass is 16.4. The van der Waals surface area contributed by atoms with E-state index >= 15 is 0 Å². The van der Waals surface area contributed by atoms with E-state index in [-0.39, 0.29) is 11.8 Å². The van der Waals surface area contributed by atoms with Crippen molar-refractivity contribution in [2.75, 3.05) is 0 Å². The highest BCUT2D eigenvalue weighted by molar-refractivity contribution is 5.69. The zero-order valence-electron chi connectivity index (χ0n) is 8.25. The molecule has 1 aromatic heterocycles. The minimum Gasteiger partial charge on any atom is -0.481 e. The van der Waals surface area contributed by atoms with Gasteiger partial charge in [0.2, 0.25) is 0 Å². The van der Waals surface area contributed by atoms with E-state index in [1.54, 1.807) is 6.26 Å². The highest BCUT2D eigenvalue weighted by Gasteiger charge is 2.42. The van der Waals surface area contributed by atoms with Crippen LogP contribution in [0.25, 0.3) is 0 Å². The normalized spacial score (nSPS) is 18.9. The predicted octanol–water partition coefficient (Wildman–Crippen LogP) is 2.48. The molecule has 0 saturated heterocycles. The van der Waals surface area contributed by atoms with Gasteiger partial charge in [0.05, 0.1) is 12.7 Å². The van der Waals surface area contributed by atoms with Crippen molar-refractivity contribution in [3.05, 3.63) is 23.7 Å². The average molecular weight is 194 g/mol. The smallest absolute Gasteiger partial charge is 0.304 e. The molecule has 14 heavy (non-hydrogen) atoms. The fourth-order valence-corrected chi connectivity index (χ4v) is 2.37. The minimum absolute atomic E-state index is 0.136. The van der Waals surface area contributed by atoms with Crippen LogP contribution < -0.4 is 0 Å². The second-order valence-corrected chi connectivity index (χ2v) is 4.09. The van der Waals surface area contributed by atoms with Crippen LogP contribution in [-0.4, -0.2) is 11.1 Å². The van der Waals surface area contributed by atoms with E-state index in [4.69, 9.17) is 9.52 Å². The van der Waals surface area contributed by atoms with E-state index in [2.05, 4.69) is 0 Å². The molecule has 1 fully saturated rings. The van der Waals surface area contributed by atoms with Crippen molar-refractivity contribution < 1.29 is 14.3 Å². The van der Waals surface area contributed by atoms with E-state index < -0.39 is 5.97 Å². The Morgan fingerprint density at radius 3 is 2.71 bits per heavy atom. The molecule has 1 aliphatic rings. The number of carboxylic acids is 1. The number of hydrogen-bond acceptors (Lipinski definition) is 2. The topological polar surface area (TPSA) is 50.4 Å². The van der Waals surface area contributed by atoms with Crippen molar-refractivity contribution >= 4 is 5.97 Å². The molecule has 0 aliphatic heterocycles. The lowest BCUT2D eigenvalue weighted by Crippen LogP contribution is -2.36. The Morgan fingerprint density at radius 2 is 2.36 bits per heavy atom. The van der Waals surface area contributed by atoms with E-state index in [0.29, 0.717) is 0 Å². The first-order chi connectivity index (χ1) is 6.64. The fraction of sp³-hybridized carbons (Fsp3) is 0.545. The lowest BCUT2D eigenvalue weighted by Gasteiger charge is -2.40. The molecule has 1 heterocycles. The monoisotopic (exact) mass is 194 g/mol. The van der Waals surface area contributed by atoms with Gasteiger partial charge in [-0.15, -0.1) is 0 Å². The summed E-state index contributed by atoms with van der Waals surface area (Å²) in [5.74, 6) is 0.149. The van der Waals surface area contributed by atoms with Crippen LogP contribution >= 0.6 is 0 Å². The molecule has 0 bridgehead atoms. The molecule has 1 aromatic rings. The molecule has 2 rings (SSSR count). The van der Waals surface area contributed by atoms with Gasteiger partial charge in [0.15, 0.2) is 0 Å². The van der Waals surface area contributed by atoms with Crippen LogP contribution in [0.1, 0.15) is 37.0 Å². The third-order valence-corrected chi connectivity index (χ3v) is 3.23. The van der Waals surface area contributed by atoms with Crippen molar-refractivity contribution in [3.63, 3.8) is 0 Å². The summed E-state index contributed by atoms with van der Waals surface area (Å²) in [4.78, 5) is 10.8. The molecule has 0 unspecified atom stereocenters. The molecule has 0 radical (unpaired) electrons. The minimum atomic E-state index is -0.717. The van der Waals surface area contributed by atoms with Gasteiger partial charge in [0.1, 0.15) is 5.76 Å². The molecule has 1 saturated carbocycles. The lowest BCUT2D eigenvalue weighted by molar-refractivity contribution is -0.139. The maximum absolute atomic E-state index is 10.8. The largest absolute Gasteiger partial charge is 0.481 e. The highest BCUT2D eigenvalue weighted by Crippen LogP contribution is 2.47. The summed E-state index contributed by atoms with van der Waals surface area (Å²) < 4.78 is 5.24. The summed E-state index contributed by atoms with van der Waals surface area (Å²) in [6, 6.07) is 1.91. The van der Waals surface area contributed by atoms with E-state index in [0.717, 1.165) is 30.6 Å². The SMILES string of the molecule is Cc1occc1C1(CC(=O)O)CCC1. The van der Waals surface area contributed by atoms with Crippen molar-refractivity contribution in [1.29, 1.82) is 0 Å². The molecule has 76 valence electrons. The second-order valence-electron chi connectivity index (χ2n) is 4.09. The second kappa shape index (κ2) is 3.15. The van der Waals surface area contributed by atoms with Crippen molar-refractivity contribution in [1.82, 2.24) is 0 Å². The molecule has 0 amide bonds. The molecular formula is C11H14O3. The zero-order chi connectivity index (χ0) is 10.2. The first-order valence-electron chi connectivity index (χ1n) is 4.90. The number of aryl methyl sites for hydroxylation is 1. The molecule has 1 N–H and O–H groups in total. The third-order valence-electron chi connectivity index (χ3n) is 3.23. The van der Waals surface area contributed by atoms with Gasteiger partial charge in [0, 0.05) is 5.41 Å². The molecule has 0 atom stereocenters. The van der Waals surface area contributed by atoms with Gasteiger partial charge in [0.25, 0.3) is 0 Å². The van der Waals surface area contributed by atoms with Crippen LogP contribution in [0.2, 0.25) is 0 Å². The van der Waals surface area contributed by atoms with Crippen LogP contribution in [0.4, 0.5) is 0 Å². The first kappa shape index (κ1) is 9.31. The summed E-state index contributed by atoms with van der Waals surface area (Å²) in [6.07, 6.45) is 4.94. The third kappa shape index (κ3) is 1.33. The number of carboxylic acid groups (broad SMARTS) is 1. The number of furan rings is 1. The van der Waals surface area contributed by atoms with Crippen molar-refractivity contribution in [2.24, 2.45) is 0 Å². The fourth-order valence-electron chi connectivity index (χ4n) is 2.37. The van der Waals surface area contributed by atoms with Crippen LogP contribution in [-0.2, 0) is 10.2 Å². The van der Waals surface area contributed by atoms with Gasteiger partial charge in [-0.25, -0.2) is 0 Å². The Kier molecular flexibility index (Phi) is 2.10. The summed E-state index contributed by atoms with van der Waals surface area (Å²) in [6.45, 7) is 1.90. The number of rotatable bonds is 3. The van der Waals surface area contributed by atoms with Gasteiger partial charge in [-0.3, -0.25) is 4.79 Å². The van der Waals surface area contributed by atoms with Gasteiger partial charge in [-0.2, -0.15) is 0 Å². The Balaban J connectivity index is 2.29. The van der Waals surface area contributed by atoms with Crippen LogP contribution in [0, 0.1) is 6.92 Å².